The topological polar surface area (TPSA) is 109 Å². The second-order valence-electron chi connectivity index (χ2n) is 4.64. The summed E-state index contributed by atoms with van der Waals surface area (Å²) in [4.78, 5) is 19.8. The number of carboxylic acids is 2. The van der Waals surface area contributed by atoms with E-state index in [0.717, 1.165) is 12.2 Å². The first-order valence-electron chi connectivity index (χ1n) is 6.06. The highest BCUT2D eigenvalue weighted by Gasteiger charge is 2.42. The monoisotopic (exact) mass is 342 g/mol. The lowest BCUT2D eigenvalue weighted by Gasteiger charge is -2.24. The van der Waals surface area contributed by atoms with Crippen LogP contribution in [0.2, 0.25) is 0 Å². The third-order valence-corrected chi connectivity index (χ3v) is 5.52. The molecular weight excluding hydrogens is 332 g/mol. The van der Waals surface area contributed by atoms with Crippen molar-refractivity contribution in [2.45, 2.75) is 16.2 Å². The zero-order valence-electron chi connectivity index (χ0n) is 11.1. The number of rotatable bonds is 4. The Bertz CT molecular complexity index is 794. The van der Waals surface area contributed by atoms with Crippen molar-refractivity contribution in [3.63, 3.8) is 0 Å². The van der Waals surface area contributed by atoms with Gasteiger partial charge < -0.3 is 10.2 Å². The molecule has 0 aromatic heterocycles. The van der Waals surface area contributed by atoms with E-state index in [2.05, 4.69) is 0 Å². The molecule has 1 aliphatic rings. The van der Waals surface area contributed by atoms with E-state index in [0.29, 0.717) is 0 Å². The standard InChI is InChI=1S/C14H11ClO6S/c15-14(13(18)19)7-6-10(12(16)17)11(8-14)22(20,21)9-4-2-1-3-5-9/h1-7H,8H2,(H,16,17)(H,18,19). The van der Waals surface area contributed by atoms with Gasteiger partial charge in [0.05, 0.1) is 15.4 Å². The molecule has 1 atom stereocenters. The van der Waals surface area contributed by atoms with Crippen LogP contribution in [-0.2, 0) is 19.4 Å². The molecule has 6 nitrogen and oxygen atoms in total. The summed E-state index contributed by atoms with van der Waals surface area (Å²) in [5, 5.41) is 18.3. The first-order valence-corrected chi connectivity index (χ1v) is 7.93. The largest absolute Gasteiger partial charge is 0.480 e. The number of alkyl halides is 1. The average Bonchev–Trinajstić information content (AvgIpc) is 2.47. The summed E-state index contributed by atoms with van der Waals surface area (Å²) < 4.78 is 25.2. The molecule has 116 valence electrons. The lowest BCUT2D eigenvalue weighted by atomic mass is 9.95. The van der Waals surface area contributed by atoms with Crippen LogP contribution < -0.4 is 0 Å². The number of carbonyl (C=O) groups is 2. The van der Waals surface area contributed by atoms with Crippen LogP contribution in [0.3, 0.4) is 0 Å². The quantitative estimate of drug-likeness (QED) is 0.808. The number of halogens is 1. The maximum Gasteiger partial charge on any atom is 0.336 e. The Morgan fingerprint density at radius 3 is 2.23 bits per heavy atom. The van der Waals surface area contributed by atoms with Gasteiger partial charge in [-0.25, -0.2) is 18.0 Å². The zero-order valence-corrected chi connectivity index (χ0v) is 12.6. The highest BCUT2D eigenvalue weighted by atomic mass is 35.5. The number of benzene rings is 1. The normalized spacial score (nSPS) is 21.7. The molecule has 1 aromatic rings. The van der Waals surface area contributed by atoms with Crippen LogP contribution in [0.15, 0.2) is 57.9 Å². The van der Waals surface area contributed by atoms with E-state index in [-0.39, 0.29) is 4.90 Å². The second-order valence-corrected chi connectivity index (χ2v) is 7.28. The van der Waals surface area contributed by atoms with Gasteiger partial charge in [0.1, 0.15) is 0 Å². The molecule has 8 heteroatoms. The summed E-state index contributed by atoms with van der Waals surface area (Å²) >= 11 is 5.89. The molecule has 0 heterocycles. The minimum absolute atomic E-state index is 0.122. The highest BCUT2D eigenvalue weighted by Crippen LogP contribution is 2.38. The van der Waals surface area contributed by atoms with Crippen LogP contribution in [0.5, 0.6) is 0 Å². The molecule has 0 radical (unpaired) electrons. The summed E-state index contributed by atoms with van der Waals surface area (Å²) in [7, 11) is -4.16. The summed E-state index contributed by atoms with van der Waals surface area (Å²) in [6.07, 6.45) is 1.26. The Balaban J connectivity index is 2.65. The van der Waals surface area contributed by atoms with Crippen LogP contribution in [-0.4, -0.2) is 35.4 Å². The van der Waals surface area contributed by atoms with Crippen molar-refractivity contribution >= 4 is 33.4 Å². The molecule has 0 spiro atoms. The van der Waals surface area contributed by atoms with Gasteiger partial charge in [-0.15, -0.1) is 11.6 Å². The van der Waals surface area contributed by atoms with Gasteiger partial charge in [0.2, 0.25) is 9.84 Å². The van der Waals surface area contributed by atoms with E-state index < -0.39 is 43.5 Å². The SMILES string of the molecule is O=C(O)C1=C(S(=O)(=O)c2ccccc2)CC(Cl)(C(=O)O)C=C1. The van der Waals surface area contributed by atoms with Crippen LogP contribution in [0.25, 0.3) is 0 Å². The number of hydrogen-bond acceptors (Lipinski definition) is 4. The van der Waals surface area contributed by atoms with E-state index in [1.54, 1.807) is 6.07 Å². The van der Waals surface area contributed by atoms with Crippen molar-refractivity contribution in [1.82, 2.24) is 0 Å². The first kappa shape index (κ1) is 16.3. The molecule has 1 unspecified atom stereocenters. The van der Waals surface area contributed by atoms with Crippen molar-refractivity contribution < 1.29 is 28.2 Å². The molecule has 0 amide bonds. The van der Waals surface area contributed by atoms with E-state index in [9.17, 15) is 18.0 Å². The van der Waals surface area contributed by atoms with Gasteiger partial charge in [-0.05, 0) is 18.2 Å². The minimum atomic E-state index is -4.16. The number of carboxylic acid groups (broad SMARTS) is 2. The molecule has 22 heavy (non-hydrogen) atoms. The molecule has 1 aliphatic carbocycles. The molecule has 2 N–H and O–H groups in total. The van der Waals surface area contributed by atoms with Gasteiger partial charge >= 0.3 is 11.9 Å². The Morgan fingerprint density at radius 2 is 1.73 bits per heavy atom. The minimum Gasteiger partial charge on any atom is -0.480 e. The molecule has 2 rings (SSSR count). The molecule has 1 aromatic carbocycles. The van der Waals surface area contributed by atoms with Crippen LogP contribution in [0.1, 0.15) is 6.42 Å². The van der Waals surface area contributed by atoms with Crippen molar-refractivity contribution in [3.05, 3.63) is 53.0 Å². The van der Waals surface area contributed by atoms with Crippen molar-refractivity contribution in [2.24, 2.45) is 0 Å². The summed E-state index contributed by atoms with van der Waals surface area (Å²) in [5.41, 5.74) is -0.485. The van der Waals surface area contributed by atoms with E-state index in [4.69, 9.17) is 21.8 Å². The van der Waals surface area contributed by atoms with Crippen LogP contribution in [0, 0.1) is 0 Å². The molecule has 0 saturated carbocycles. The average molecular weight is 343 g/mol. The summed E-state index contributed by atoms with van der Waals surface area (Å²) in [6, 6.07) is 7.18. The number of aliphatic carboxylic acids is 2. The van der Waals surface area contributed by atoms with Gasteiger partial charge in [-0.2, -0.15) is 0 Å². The molecule has 0 bridgehead atoms. The maximum atomic E-state index is 12.6. The molecule has 0 fully saturated rings. The van der Waals surface area contributed by atoms with Gasteiger partial charge in [0.25, 0.3) is 0 Å². The number of sulfone groups is 1. The molecule has 0 aliphatic heterocycles. The second kappa shape index (κ2) is 5.58. The predicted octanol–water partition coefficient (Wildman–Crippen LogP) is 1.82. The number of allylic oxidation sites excluding steroid dienone is 1. The fraction of sp³-hybridized carbons (Fsp3) is 0.143. The van der Waals surface area contributed by atoms with E-state index >= 15 is 0 Å². The Labute approximate surface area is 131 Å². The summed E-state index contributed by atoms with van der Waals surface area (Å²) in [6.45, 7) is 0. The van der Waals surface area contributed by atoms with Crippen molar-refractivity contribution in [2.75, 3.05) is 0 Å². The van der Waals surface area contributed by atoms with Gasteiger partial charge in [0.15, 0.2) is 4.87 Å². The van der Waals surface area contributed by atoms with Crippen molar-refractivity contribution in [3.8, 4) is 0 Å². The van der Waals surface area contributed by atoms with E-state index in [1.165, 1.54) is 24.3 Å². The van der Waals surface area contributed by atoms with E-state index in [1.807, 2.05) is 0 Å². The molecular formula is C14H11ClO6S. The van der Waals surface area contributed by atoms with Crippen molar-refractivity contribution in [1.29, 1.82) is 0 Å². The van der Waals surface area contributed by atoms with Gasteiger partial charge in [0, 0.05) is 6.42 Å². The Hall–Kier alpha value is -2.12. The third-order valence-electron chi connectivity index (χ3n) is 3.20. The van der Waals surface area contributed by atoms with Gasteiger partial charge in [-0.3, -0.25) is 0 Å². The lowest BCUT2D eigenvalue weighted by Crippen LogP contribution is -2.34. The third kappa shape index (κ3) is 2.77. The Morgan fingerprint density at radius 1 is 1.14 bits per heavy atom. The first-order chi connectivity index (χ1) is 10.2. The number of hydrogen-bond donors (Lipinski definition) is 2. The smallest absolute Gasteiger partial charge is 0.336 e. The van der Waals surface area contributed by atoms with Crippen LogP contribution >= 0.6 is 11.6 Å². The molecule has 0 saturated heterocycles. The fourth-order valence-electron chi connectivity index (χ4n) is 2.02. The lowest BCUT2D eigenvalue weighted by molar-refractivity contribution is -0.139. The maximum absolute atomic E-state index is 12.6. The fourth-order valence-corrected chi connectivity index (χ4v) is 3.95. The van der Waals surface area contributed by atoms with Crippen LogP contribution in [0.4, 0.5) is 0 Å². The Kier molecular flexibility index (Phi) is 4.12. The van der Waals surface area contributed by atoms with Gasteiger partial charge in [-0.1, -0.05) is 24.3 Å². The predicted molar refractivity (Wildman–Crippen MR) is 78.3 cm³/mol. The summed E-state index contributed by atoms with van der Waals surface area (Å²) in [5.74, 6) is -2.91. The zero-order chi connectivity index (χ0) is 16.5. The highest BCUT2D eigenvalue weighted by molar-refractivity contribution is 7.95.